The van der Waals surface area contributed by atoms with Gasteiger partial charge >= 0.3 is 0 Å². The first-order valence-corrected chi connectivity index (χ1v) is 13.3. The number of hydrogen-bond donors (Lipinski definition) is 2. The number of amides is 4. The van der Waals surface area contributed by atoms with E-state index < -0.39 is 12.1 Å². The Kier molecular flexibility index (Phi) is 10.5. The first-order valence-electron chi connectivity index (χ1n) is 13.3. The van der Waals surface area contributed by atoms with E-state index in [9.17, 15) is 19.2 Å². The molecule has 2 aromatic rings. The summed E-state index contributed by atoms with van der Waals surface area (Å²) in [6.45, 7) is 6.73. The minimum atomic E-state index is -0.847. The van der Waals surface area contributed by atoms with Crippen LogP contribution in [0.25, 0.3) is 0 Å². The highest BCUT2D eigenvalue weighted by Gasteiger charge is 2.30. The molecule has 0 saturated carbocycles. The first kappa shape index (κ1) is 29.7. The number of ether oxygens (including phenoxy) is 1. The van der Waals surface area contributed by atoms with Gasteiger partial charge in [-0.3, -0.25) is 23.9 Å². The molecule has 1 aromatic heterocycles. The molecule has 2 heterocycles. The van der Waals surface area contributed by atoms with Gasteiger partial charge in [-0.15, -0.1) is 0 Å². The van der Waals surface area contributed by atoms with Gasteiger partial charge in [-0.05, 0) is 57.4 Å². The number of methoxy groups -OCH3 is 1. The van der Waals surface area contributed by atoms with Crippen molar-refractivity contribution in [3.63, 3.8) is 0 Å². The maximum atomic E-state index is 13.4. The van der Waals surface area contributed by atoms with E-state index in [0.29, 0.717) is 38.2 Å². The molecule has 0 bridgehead atoms. The zero-order valence-electron chi connectivity index (χ0n) is 23.5. The number of nitrogens with one attached hydrogen (secondary N) is 2. The molecule has 1 aliphatic heterocycles. The number of hydrogen-bond acceptors (Lipinski definition) is 6. The molecule has 1 aromatic carbocycles. The summed E-state index contributed by atoms with van der Waals surface area (Å²) in [6.07, 6.45) is 1.41. The predicted octanol–water partition coefficient (Wildman–Crippen LogP) is 1.21. The topological polar surface area (TPSA) is 126 Å². The van der Waals surface area contributed by atoms with Crippen LogP contribution in [0, 0.1) is 13.8 Å². The highest BCUT2D eigenvalue weighted by Crippen LogP contribution is 2.15. The molecule has 1 saturated heterocycles. The van der Waals surface area contributed by atoms with Crippen LogP contribution in [0.3, 0.4) is 0 Å². The molecule has 3 rings (SSSR count). The quantitative estimate of drug-likeness (QED) is 0.587. The van der Waals surface area contributed by atoms with Crippen LogP contribution in [0.4, 0.5) is 0 Å². The van der Waals surface area contributed by atoms with E-state index >= 15 is 0 Å². The van der Waals surface area contributed by atoms with Gasteiger partial charge in [0.25, 0.3) is 0 Å². The second-order valence-electron chi connectivity index (χ2n) is 10.0. The van der Waals surface area contributed by atoms with Crippen molar-refractivity contribution in [3.8, 4) is 5.75 Å². The molecule has 2 atom stereocenters. The second-order valence-corrected chi connectivity index (χ2v) is 10.0. The van der Waals surface area contributed by atoms with E-state index in [-0.39, 0.29) is 43.0 Å². The molecule has 39 heavy (non-hydrogen) atoms. The third-order valence-corrected chi connectivity index (χ3v) is 7.02. The van der Waals surface area contributed by atoms with Crippen molar-refractivity contribution in [3.05, 3.63) is 47.3 Å². The summed E-state index contributed by atoms with van der Waals surface area (Å²) in [5.41, 5.74) is 2.59. The summed E-state index contributed by atoms with van der Waals surface area (Å²) >= 11 is 0. The highest BCUT2D eigenvalue weighted by molar-refractivity contribution is 5.92. The molecular formula is C28H40N6O5. The molecule has 0 radical (unpaired) electrons. The van der Waals surface area contributed by atoms with Crippen molar-refractivity contribution < 1.29 is 23.9 Å². The molecule has 1 fully saturated rings. The van der Waals surface area contributed by atoms with Gasteiger partial charge in [0.1, 0.15) is 24.4 Å². The van der Waals surface area contributed by atoms with Crippen LogP contribution >= 0.6 is 0 Å². The fraction of sp³-hybridized carbons (Fsp3) is 0.536. The summed E-state index contributed by atoms with van der Waals surface area (Å²) in [5, 5.41) is 10.1. The monoisotopic (exact) mass is 540 g/mol. The van der Waals surface area contributed by atoms with Crippen molar-refractivity contribution in [2.24, 2.45) is 0 Å². The van der Waals surface area contributed by atoms with Gasteiger partial charge in [-0.1, -0.05) is 12.1 Å². The number of likely N-dealkylation sites (N-methyl/N-ethyl adjacent to an activating group) is 1. The van der Waals surface area contributed by atoms with Crippen LogP contribution in [0.1, 0.15) is 43.1 Å². The number of carbonyl (C=O) groups is 4. The van der Waals surface area contributed by atoms with E-state index in [1.807, 2.05) is 32.0 Å². The Morgan fingerprint density at radius 3 is 2.44 bits per heavy atom. The van der Waals surface area contributed by atoms with Crippen LogP contribution in [-0.2, 0) is 32.1 Å². The Balaban J connectivity index is 1.75. The molecule has 4 amide bonds. The standard InChI is InChI=1S/C28H40N6O5/c1-19-16-20(2)34(31-19)18-26(36)33-14-6-8-25(35)30-24(17-22-9-11-23(39-5)12-10-22)28(38)32(4)21(3)27(37)29-13-7-15-33/h9-12,16,21,24H,6-8,13-15,17-18H2,1-5H3,(H,29,37)(H,30,35)/t21-,24-/m0/s1. The van der Waals surface area contributed by atoms with Gasteiger partial charge in [-0.25, -0.2) is 0 Å². The zero-order chi connectivity index (χ0) is 28.5. The van der Waals surface area contributed by atoms with Gasteiger partial charge in [0, 0.05) is 45.2 Å². The SMILES string of the molecule is COc1ccc(C[C@@H]2NC(=O)CCCN(C(=O)Cn3nc(C)cc3C)CCCNC(=O)[C@H](C)N(C)C2=O)cc1. The number of carbonyl (C=O) groups excluding carboxylic acids is 4. The molecule has 0 aliphatic carbocycles. The van der Waals surface area contributed by atoms with E-state index in [1.54, 1.807) is 42.8 Å². The fourth-order valence-electron chi connectivity index (χ4n) is 4.56. The summed E-state index contributed by atoms with van der Waals surface area (Å²) in [5.74, 6) is -0.337. The number of rotatable bonds is 5. The Labute approximate surface area is 229 Å². The Hall–Kier alpha value is -3.89. The van der Waals surface area contributed by atoms with Gasteiger partial charge < -0.3 is 25.2 Å². The smallest absolute Gasteiger partial charge is 0.245 e. The van der Waals surface area contributed by atoms with Gasteiger partial charge in [-0.2, -0.15) is 5.10 Å². The maximum absolute atomic E-state index is 13.4. The third-order valence-electron chi connectivity index (χ3n) is 7.02. The van der Waals surface area contributed by atoms with Crippen LogP contribution in [0.15, 0.2) is 30.3 Å². The number of aromatic nitrogens is 2. The van der Waals surface area contributed by atoms with Crippen molar-refractivity contribution in [2.45, 2.75) is 65.1 Å². The molecule has 11 heteroatoms. The second kappa shape index (κ2) is 13.8. The largest absolute Gasteiger partial charge is 0.497 e. The van der Waals surface area contributed by atoms with Crippen molar-refractivity contribution in [1.29, 1.82) is 0 Å². The maximum Gasteiger partial charge on any atom is 0.245 e. The summed E-state index contributed by atoms with van der Waals surface area (Å²) in [4.78, 5) is 55.4. The van der Waals surface area contributed by atoms with Gasteiger partial charge in [0.15, 0.2) is 0 Å². The highest BCUT2D eigenvalue weighted by atomic mass is 16.5. The lowest BCUT2D eigenvalue weighted by Gasteiger charge is -2.29. The molecule has 0 unspecified atom stereocenters. The van der Waals surface area contributed by atoms with E-state index in [2.05, 4.69) is 15.7 Å². The molecule has 11 nitrogen and oxygen atoms in total. The molecule has 212 valence electrons. The first-order chi connectivity index (χ1) is 18.6. The summed E-state index contributed by atoms with van der Waals surface area (Å²) < 4.78 is 6.88. The molecule has 0 spiro atoms. The Morgan fingerprint density at radius 1 is 1.10 bits per heavy atom. The van der Waals surface area contributed by atoms with Crippen LogP contribution in [-0.4, -0.2) is 89.1 Å². The van der Waals surface area contributed by atoms with Gasteiger partial charge in [0.05, 0.1) is 12.8 Å². The van der Waals surface area contributed by atoms with Crippen molar-refractivity contribution in [1.82, 2.24) is 30.2 Å². The average Bonchev–Trinajstić information content (AvgIpc) is 3.23. The van der Waals surface area contributed by atoms with Crippen LogP contribution in [0.2, 0.25) is 0 Å². The normalized spacial score (nSPS) is 20.1. The molecule has 2 N–H and O–H groups in total. The Bertz CT molecular complexity index is 1160. The number of aryl methyl sites for hydroxylation is 2. The minimum absolute atomic E-state index is 0.0992. The number of nitrogens with zero attached hydrogens (tertiary/aromatic N) is 4. The fourth-order valence-corrected chi connectivity index (χ4v) is 4.56. The predicted molar refractivity (Wildman–Crippen MR) is 146 cm³/mol. The van der Waals surface area contributed by atoms with Gasteiger partial charge in [0.2, 0.25) is 23.6 Å². The lowest BCUT2D eigenvalue weighted by Crippen LogP contribution is -2.54. The van der Waals surface area contributed by atoms with Crippen LogP contribution < -0.4 is 15.4 Å². The molecule has 1 aliphatic rings. The van der Waals surface area contributed by atoms with E-state index in [4.69, 9.17) is 4.74 Å². The zero-order valence-corrected chi connectivity index (χ0v) is 23.5. The summed E-state index contributed by atoms with van der Waals surface area (Å²) in [7, 11) is 3.14. The van der Waals surface area contributed by atoms with Crippen LogP contribution in [0.5, 0.6) is 5.75 Å². The minimum Gasteiger partial charge on any atom is -0.497 e. The van der Waals surface area contributed by atoms with Crippen molar-refractivity contribution in [2.75, 3.05) is 33.8 Å². The van der Waals surface area contributed by atoms with E-state index in [0.717, 1.165) is 17.0 Å². The van der Waals surface area contributed by atoms with E-state index in [1.165, 1.54) is 4.90 Å². The average molecular weight is 541 g/mol. The molecular weight excluding hydrogens is 500 g/mol. The Morgan fingerprint density at radius 2 is 1.79 bits per heavy atom. The third kappa shape index (κ3) is 8.30. The summed E-state index contributed by atoms with van der Waals surface area (Å²) in [6, 6.07) is 7.62. The number of benzene rings is 1. The lowest BCUT2D eigenvalue weighted by atomic mass is 10.0. The van der Waals surface area contributed by atoms with Crippen molar-refractivity contribution >= 4 is 23.6 Å². The lowest BCUT2D eigenvalue weighted by molar-refractivity contribution is -0.141.